The SMILES string of the molecule is Cc1nn(-c2ccnc3[nH]ccc23)cc1C=CC#N.O=C(O)C(F)(F)F. The Morgan fingerprint density at radius 3 is 2.73 bits per heavy atom. The van der Waals surface area contributed by atoms with Crippen LogP contribution < -0.4 is 0 Å². The van der Waals surface area contributed by atoms with Crippen LogP contribution in [-0.2, 0) is 4.79 Å². The quantitative estimate of drug-likeness (QED) is 0.680. The number of aryl methyl sites for hydroxylation is 1. The molecule has 0 aromatic carbocycles. The Bertz CT molecular complexity index is 995. The van der Waals surface area contributed by atoms with E-state index >= 15 is 0 Å². The van der Waals surface area contributed by atoms with Crippen molar-refractivity contribution in [3.63, 3.8) is 0 Å². The van der Waals surface area contributed by atoms with Gasteiger partial charge in [0.05, 0.1) is 17.5 Å². The lowest BCUT2D eigenvalue weighted by atomic mass is 10.2. The molecule has 0 aliphatic rings. The highest BCUT2D eigenvalue weighted by Gasteiger charge is 2.38. The number of hydrogen-bond acceptors (Lipinski definition) is 4. The van der Waals surface area contributed by atoms with Crippen LogP contribution in [0.3, 0.4) is 0 Å². The summed E-state index contributed by atoms with van der Waals surface area (Å²) in [6.45, 7) is 1.92. The first-order chi connectivity index (χ1) is 12.2. The zero-order valence-corrected chi connectivity index (χ0v) is 13.3. The van der Waals surface area contributed by atoms with Gasteiger partial charge in [0.2, 0.25) is 0 Å². The van der Waals surface area contributed by atoms with E-state index in [0.29, 0.717) is 0 Å². The summed E-state index contributed by atoms with van der Waals surface area (Å²) in [5.74, 6) is -2.76. The number of hydrogen-bond donors (Lipinski definition) is 2. The summed E-state index contributed by atoms with van der Waals surface area (Å²) < 4.78 is 33.5. The molecule has 10 heteroatoms. The number of fused-ring (bicyclic) bond motifs is 1. The predicted molar refractivity (Wildman–Crippen MR) is 86.3 cm³/mol. The second-order valence-corrected chi connectivity index (χ2v) is 4.95. The van der Waals surface area contributed by atoms with Gasteiger partial charge in [-0.1, -0.05) is 0 Å². The van der Waals surface area contributed by atoms with Crippen molar-refractivity contribution in [2.45, 2.75) is 13.1 Å². The van der Waals surface area contributed by atoms with Crippen LogP contribution in [0.25, 0.3) is 22.8 Å². The molecule has 134 valence electrons. The van der Waals surface area contributed by atoms with Gasteiger partial charge in [-0.3, -0.25) is 0 Å². The van der Waals surface area contributed by atoms with Crippen LogP contribution in [-0.4, -0.2) is 37.0 Å². The molecule has 0 aliphatic heterocycles. The second kappa shape index (κ2) is 7.52. The lowest BCUT2D eigenvalue weighted by Crippen LogP contribution is -2.21. The molecule has 3 aromatic heterocycles. The number of carbonyl (C=O) groups is 1. The monoisotopic (exact) mass is 363 g/mol. The fourth-order valence-corrected chi connectivity index (χ4v) is 2.03. The number of aromatic amines is 1. The summed E-state index contributed by atoms with van der Waals surface area (Å²) in [6.07, 6.45) is 3.63. The fourth-order valence-electron chi connectivity index (χ4n) is 2.03. The number of aliphatic carboxylic acids is 1. The Kier molecular flexibility index (Phi) is 5.42. The van der Waals surface area contributed by atoms with E-state index in [9.17, 15) is 13.2 Å². The average molecular weight is 363 g/mol. The minimum atomic E-state index is -5.08. The third-order valence-electron chi connectivity index (χ3n) is 3.20. The summed E-state index contributed by atoms with van der Waals surface area (Å²) in [7, 11) is 0. The van der Waals surface area contributed by atoms with Crippen LogP contribution in [0.5, 0.6) is 0 Å². The average Bonchev–Trinajstić information content (AvgIpc) is 3.18. The highest BCUT2D eigenvalue weighted by Crippen LogP contribution is 2.20. The lowest BCUT2D eigenvalue weighted by molar-refractivity contribution is -0.192. The Labute approximate surface area is 145 Å². The van der Waals surface area contributed by atoms with E-state index in [1.807, 2.05) is 42.2 Å². The molecule has 0 aliphatic carbocycles. The molecule has 0 bridgehead atoms. The van der Waals surface area contributed by atoms with Crippen molar-refractivity contribution in [1.82, 2.24) is 19.7 Å². The van der Waals surface area contributed by atoms with E-state index < -0.39 is 12.1 Å². The molecule has 7 nitrogen and oxygen atoms in total. The van der Waals surface area contributed by atoms with Crippen LogP contribution in [0.4, 0.5) is 13.2 Å². The molecule has 0 unspecified atom stereocenters. The van der Waals surface area contributed by atoms with Gasteiger partial charge in [0.1, 0.15) is 5.65 Å². The Balaban J connectivity index is 0.000000298. The third kappa shape index (κ3) is 4.27. The first-order valence-corrected chi connectivity index (χ1v) is 7.09. The maximum Gasteiger partial charge on any atom is 0.490 e. The van der Waals surface area contributed by atoms with Crippen molar-refractivity contribution < 1.29 is 23.1 Å². The number of alkyl halides is 3. The van der Waals surface area contributed by atoms with Crippen molar-refractivity contribution in [2.75, 3.05) is 0 Å². The minimum absolute atomic E-state index is 0.833. The largest absolute Gasteiger partial charge is 0.490 e. The zero-order valence-electron chi connectivity index (χ0n) is 13.3. The number of nitrogens with one attached hydrogen (secondary N) is 1. The van der Waals surface area contributed by atoms with Crippen LogP contribution in [0.2, 0.25) is 0 Å². The van der Waals surface area contributed by atoms with Crippen molar-refractivity contribution in [3.8, 4) is 11.8 Å². The standard InChI is InChI=1S/C14H11N5.C2HF3O2/c1-10-11(3-2-6-15)9-19(18-10)13-5-8-17-14-12(13)4-7-16-14;3-2(4,5)1(6)7/h2-5,7-9H,1H3,(H,16,17);(H,6,7). The summed E-state index contributed by atoms with van der Waals surface area (Å²) in [5, 5.41) is 21.2. The molecule has 0 atom stereocenters. The maximum atomic E-state index is 10.6. The summed E-state index contributed by atoms with van der Waals surface area (Å²) in [6, 6.07) is 5.87. The number of aromatic nitrogens is 4. The fraction of sp³-hybridized carbons (Fsp3) is 0.125. The van der Waals surface area contributed by atoms with Crippen LogP contribution >= 0.6 is 0 Å². The first kappa shape index (κ1) is 18.7. The number of H-pyrrole nitrogens is 1. The van der Waals surface area contributed by atoms with E-state index in [1.165, 1.54) is 6.08 Å². The number of nitrogens with zero attached hydrogens (tertiary/aromatic N) is 4. The highest BCUT2D eigenvalue weighted by molar-refractivity contribution is 5.84. The van der Waals surface area contributed by atoms with Crippen LogP contribution in [0.15, 0.2) is 36.8 Å². The van der Waals surface area contributed by atoms with Gasteiger partial charge in [0.25, 0.3) is 0 Å². The van der Waals surface area contributed by atoms with Gasteiger partial charge < -0.3 is 10.1 Å². The van der Waals surface area contributed by atoms with Gasteiger partial charge in [-0.2, -0.15) is 23.5 Å². The lowest BCUT2D eigenvalue weighted by Gasteiger charge is -2.01. The molecule has 0 saturated carbocycles. The number of carboxylic acid groups (broad SMARTS) is 1. The van der Waals surface area contributed by atoms with Gasteiger partial charge in [-0.05, 0) is 25.1 Å². The molecule has 0 saturated heterocycles. The van der Waals surface area contributed by atoms with E-state index in [2.05, 4.69) is 15.1 Å². The molecule has 3 aromatic rings. The van der Waals surface area contributed by atoms with Gasteiger partial charge in [-0.15, -0.1) is 0 Å². The number of rotatable bonds is 2. The molecule has 0 fully saturated rings. The Hall–Kier alpha value is -3.61. The maximum absolute atomic E-state index is 10.6. The molecule has 0 spiro atoms. The van der Waals surface area contributed by atoms with Crippen molar-refractivity contribution in [2.24, 2.45) is 0 Å². The van der Waals surface area contributed by atoms with Gasteiger partial charge >= 0.3 is 12.1 Å². The second-order valence-electron chi connectivity index (χ2n) is 4.95. The van der Waals surface area contributed by atoms with E-state index in [-0.39, 0.29) is 0 Å². The number of allylic oxidation sites excluding steroid dienone is 1. The Morgan fingerprint density at radius 2 is 2.12 bits per heavy atom. The summed E-state index contributed by atoms with van der Waals surface area (Å²) in [4.78, 5) is 16.2. The third-order valence-corrected chi connectivity index (χ3v) is 3.20. The first-order valence-electron chi connectivity index (χ1n) is 7.09. The number of carboxylic acids is 1. The highest BCUT2D eigenvalue weighted by atomic mass is 19.4. The van der Waals surface area contributed by atoms with Crippen LogP contribution in [0, 0.1) is 18.3 Å². The number of pyridine rings is 1. The summed E-state index contributed by atoms with van der Waals surface area (Å²) in [5.41, 5.74) is 3.61. The van der Waals surface area contributed by atoms with Crippen molar-refractivity contribution in [3.05, 3.63) is 48.1 Å². The van der Waals surface area contributed by atoms with Crippen LogP contribution in [0.1, 0.15) is 11.3 Å². The minimum Gasteiger partial charge on any atom is -0.475 e. The van der Waals surface area contributed by atoms with E-state index in [0.717, 1.165) is 28.0 Å². The Morgan fingerprint density at radius 1 is 1.42 bits per heavy atom. The van der Waals surface area contributed by atoms with Gasteiger partial charge in [0, 0.05) is 35.6 Å². The number of halogens is 3. The summed E-state index contributed by atoms with van der Waals surface area (Å²) >= 11 is 0. The smallest absolute Gasteiger partial charge is 0.475 e. The van der Waals surface area contributed by atoms with E-state index in [4.69, 9.17) is 15.2 Å². The zero-order chi connectivity index (χ0) is 19.3. The van der Waals surface area contributed by atoms with Crippen molar-refractivity contribution in [1.29, 1.82) is 5.26 Å². The molecule has 3 heterocycles. The normalized spacial score (nSPS) is 11.2. The van der Waals surface area contributed by atoms with Gasteiger partial charge in [-0.25, -0.2) is 14.5 Å². The molecule has 3 rings (SSSR count). The topological polar surface area (TPSA) is 108 Å². The number of nitriles is 1. The predicted octanol–water partition coefficient (Wildman–Crippen LogP) is 3.23. The molecule has 0 amide bonds. The molecule has 0 radical (unpaired) electrons. The molecular formula is C16H12F3N5O2. The molecule has 2 N–H and O–H groups in total. The van der Waals surface area contributed by atoms with E-state index in [1.54, 1.807) is 12.3 Å². The molecule has 26 heavy (non-hydrogen) atoms. The van der Waals surface area contributed by atoms with Crippen molar-refractivity contribution >= 4 is 23.1 Å². The van der Waals surface area contributed by atoms with Gasteiger partial charge in [0.15, 0.2) is 0 Å². The molecular weight excluding hydrogens is 351 g/mol.